The minimum absolute atomic E-state index is 0.0601. The number of likely N-dealkylation sites (tertiary alicyclic amines) is 1. The summed E-state index contributed by atoms with van der Waals surface area (Å²) < 4.78 is 35.7. The van der Waals surface area contributed by atoms with Crippen molar-refractivity contribution < 1.29 is 18.3 Å². The van der Waals surface area contributed by atoms with Crippen molar-refractivity contribution in [2.45, 2.75) is 38.8 Å². The smallest absolute Gasteiger partial charge is 0.256 e. The first-order valence-electron chi connectivity index (χ1n) is 11.0. The molecule has 0 aliphatic carbocycles. The Morgan fingerprint density at radius 3 is 2.56 bits per heavy atom. The molecule has 5 nitrogen and oxygen atoms in total. The number of nitrogens with two attached hydrogens (primary N) is 1. The van der Waals surface area contributed by atoms with E-state index in [-0.39, 0.29) is 23.5 Å². The van der Waals surface area contributed by atoms with Crippen molar-refractivity contribution in [1.82, 2.24) is 9.47 Å². The zero-order chi connectivity index (χ0) is 22.8. The lowest BCUT2D eigenvalue weighted by atomic mass is 9.88. The van der Waals surface area contributed by atoms with Gasteiger partial charge in [0.1, 0.15) is 11.6 Å². The first-order chi connectivity index (χ1) is 15.4. The van der Waals surface area contributed by atoms with Gasteiger partial charge in [-0.25, -0.2) is 8.78 Å². The van der Waals surface area contributed by atoms with Gasteiger partial charge in [0.15, 0.2) is 0 Å². The Bertz CT molecular complexity index is 1130. The molecule has 1 saturated heterocycles. The third-order valence-electron chi connectivity index (χ3n) is 6.51. The molecule has 1 aliphatic heterocycles. The second-order valence-electron chi connectivity index (χ2n) is 8.42. The maximum Gasteiger partial charge on any atom is 0.256 e. The van der Waals surface area contributed by atoms with E-state index in [4.69, 9.17) is 10.5 Å². The molecule has 170 valence electrons. The van der Waals surface area contributed by atoms with Gasteiger partial charge < -0.3 is 19.9 Å². The highest BCUT2D eigenvalue weighted by molar-refractivity contribution is 6.07. The molecule has 0 unspecified atom stereocenters. The van der Waals surface area contributed by atoms with Crippen LogP contribution in [0.5, 0.6) is 0 Å². The first-order valence-corrected chi connectivity index (χ1v) is 11.0. The van der Waals surface area contributed by atoms with Crippen molar-refractivity contribution in [2.75, 3.05) is 26.8 Å². The van der Waals surface area contributed by atoms with Crippen LogP contribution in [0.25, 0.3) is 10.9 Å². The van der Waals surface area contributed by atoms with E-state index in [0.29, 0.717) is 62.3 Å². The summed E-state index contributed by atoms with van der Waals surface area (Å²) in [6.07, 6.45) is 3.17. The summed E-state index contributed by atoms with van der Waals surface area (Å²) in [6, 6.07) is 8.12. The summed E-state index contributed by atoms with van der Waals surface area (Å²) in [7, 11) is 1.61. The van der Waals surface area contributed by atoms with Gasteiger partial charge in [-0.2, -0.15) is 0 Å². The SMILES string of the molecule is COCCn1cc(C(=O)N2CCC(c3cc(CN)ccc3F)CC2)c2ccc(F)c(C)c21. The zero-order valence-corrected chi connectivity index (χ0v) is 18.5. The molecule has 0 bridgehead atoms. The number of carbonyl (C=O) groups is 1. The quantitative estimate of drug-likeness (QED) is 0.619. The fourth-order valence-electron chi connectivity index (χ4n) is 4.69. The Morgan fingerprint density at radius 1 is 1.16 bits per heavy atom. The molecule has 0 saturated carbocycles. The number of halogens is 2. The van der Waals surface area contributed by atoms with Crippen molar-refractivity contribution in [3.05, 3.63) is 70.4 Å². The summed E-state index contributed by atoms with van der Waals surface area (Å²) in [5.74, 6) is -0.529. The minimum Gasteiger partial charge on any atom is -0.383 e. The predicted octanol–water partition coefficient (Wildman–Crippen LogP) is 4.35. The first kappa shape index (κ1) is 22.4. The number of amides is 1. The van der Waals surface area contributed by atoms with Crippen molar-refractivity contribution in [1.29, 1.82) is 0 Å². The number of hydrogen-bond acceptors (Lipinski definition) is 3. The number of benzene rings is 2. The number of piperidine rings is 1. The molecule has 1 fully saturated rings. The number of hydrogen-bond donors (Lipinski definition) is 1. The third-order valence-corrected chi connectivity index (χ3v) is 6.51. The number of rotatable bonds is 6. The van der Waals surface area contributed by atoms with E-state index >= 15 is 0 Å². The van der Waals surface area contributed by atoms with Gasteiger partial charge >= 0.3 is 0 Å². The van der Waals surface area contributed by atoms with Gasteiger partial charge in [0.05, 0.1) is 17.7 Å². The largest absolute Gasteiger partial charge is 0.383 e. The lowest BCUT2D eigenvalue weighted by Gasteiger charge is -2.32. The summed E-state index contributed by atoms with van der Waals surface area (Å²) in [5.41, 5.74) is 9.11. The van der Waals surface area contributed by atoms with Crippen LogP contribution >= 0.6 is 0 Å². The van der Waals surface area contributed by atoms with E-state index < -0.39 is 0 Å². The van der Waals surface area contributed by atoms with Gasteiger partial charge in [-0.15, -0.1) is 0 Å². The molecular weight excluding hydrogens is 412 g/mol. The summed E-state index contributed by atoms with van der Waals surface area (Å²) in [6.45, 7) is 4.18. The minimum atomic E-state index is -0.296. The van der Waals surface area contributed by atoms with Gasteiger partial charge in [-0.1, -0.05) is 12.1 Å². The molecule has 7 heteroatoms. The average Bonchev–Trinajstić information content (AvgIpc) is 3.19. The van der Waals surface area contributed by atoms with E-state index in [0.717, 1.165) is 16.5 Å². The van der Waals surface area contributed by atoms with Crippen LogP contribution in [0.15, 0.2) is 36.5 Å². The molecular formula is C25H29F2N3O2. The Labute approximate surface area is 186 Å². The zero-order valence-electron chi connectivity index (χ0n) is 18.5. The Hall–Kier alpha value is -2.77. The van der Waals surface area contributed by atoms with Crippen molar-refractivity contribution in [3.63, 3.8) is 0 Å². The summed E-state index contributed by atoms with van der Waals surface area (Å²) in [4.78, 5) is 15.2. The van der Waals surface area contributed by atoms with E-state index in [9.17, 15) is 13.6 Å². The summed E-state index contributed by atoms with van der Waals surface area (Å²) >= 11 is 0. The fourth-order valence-corrected chi connectivity index (χ4v) is 4.69. The Kier molecular flexibility index (Phi) is 6.58. The molecule has 2 N–H and O–H groups in total. The van der Waals surface area contributed by atoms with Crippen LogP contribution in [0.4, 0.5) is 8.78 Å². The fraction of sp³-hybridized carbons (Fsp3) is 0.400. The number of aromatic nitrogens is 1. The normalized spacial score (nSPS) is 15.0. The molecule has 1 aliphatic rings. The average molecular weight is 442 g/mol. The number of nitrogens with zero attached hydrogens (tertiary/aromatic N) is 2. The van der Waals surface area contributed by atoms with E-state index in [2.05, 4.69) is 0 Å². The van der Waals surface area contributed by atoms with E-state index in [1.807, 2.05) is 15.5 Å². The standard InChI is InChI=1S/C25H29F2N3O2/c1-16-22(26)6-4-19-21(15-30(24(16)19)11-12-32-2)25(31)29-9-7-18(8-10-29)20-13-17(14-28)3-5-23(20)27/h3-6,13,15,18H,7-12,14,28H2,1-2H3. The predicted molar refractivity (Wildman–Crippen MR) is 121 cm³/mol. The van der Waals surface area contributed by atoms with Crippen molar-refractivity contribution in [2.24, 2.45) is 5.73 Å². The number of fused-ring (bicyclic) bond motifs is 1. The maximum absolute atomic E-state index is 14.4. The molecule has 2 heterocycles. The van der Waals surface area contributed by atoms with Crippen LogP contribution in [-0.2, 0) is 17.8 Å². The highest BCUT2D eigenvalue weighted by Crippen LogP contribution is 2.33. The molecule has 2 aromatic carbocycles. The van der Waals surface area contributed by atoms with Gasteiger partial charge in [0.2, 0.25) is 0 Å². The molecule has 0 atom stereocenters. The van der Waals surface area contributed by atoms with Gasteiger partial charge in [-0.05, 0) is 55.0 Å². The van der Waals surface area contributed by atoms with Crippen molar-refractivity contribution >= 4 is 16.8 Å². The third kappa shape index (κ3) is 4.14. The second kappa shape index (κ2) is 9.38. The van der Waals surface area contributed by atoms with E-state index in [1.54, 1.807) is 32.4 Å². The molecule has 32 heavy (non-hydrogen) atoms. The van der Waals surface area contributed by atoms with Crippen LogP contribution in [0.2, 0.25) is 0 Å². The van der Waals surface area contributed by atoms with Crippen LogP contribution < -0.4 is 5.73 Å². The Balaban J connectivity index is 1.57. The monoisotopic (exact) mass is 441 g/mol. The van der Waals surface area contributed by atoms with Gasteiger partial charge in [-0.3, -0.25) is 4.79 Å². The van der Waals surface area contributed by atoms with Crippen LogP contribution in [0.3, 0.4) is 0 Å². The highest BCUT2D eigenvalue weighted by Gasteiger charge is 2.28. The van der Waals surface area contributed by atoms with Crippen molar-refractivity contribution in [3.8, 4) is 0 Å². The number of ether oxygens (including phenoxy) is 1. The second-order valence-corrected chi connectivity index (χ2v) is 8.42. The lowest BCUT2D eigenvalue weighted by Crippen LogP contribution is -2.38. The molecule has 1 aromatic heterocycles. The highest BCUT2D eigenvalue weighted by atomic mass is 19.1. The van der Waals surface area contributed by atoms with Crippen LogP contribution in [-0.4, -0.2) is 42.2 Å². The van der Waals surface area contributed by atoms with Gasteiger partial charge in [0, 0.05) is 50.4 Å². The molecule has 0 radical (unpaired) electrons. The number of aryl methyl sites for hydroxylation is 1. The lowest BCUT2D eigenvalue weighted by molar-refractivity contribution is 0.0714. The Morgan fingerprint density at radius 2 is 1.88 bits per heavy atom. The summed E-state index contributed by atoms with van der Waals surface area (Å²) in [5, 5.41) is 0.744. The molecule has 3 aromatic rings. The van der Waals surface area contributed by atoms with Crippen LogP contribution in [0, 0.1) is 18.6 Å². The topological polar surface area (TPSA) is 60.5 Å². The molecule has 1 amide bonds. The number of carbonyl (C=O) groups excluding carboxylic acids is 1. The van der Waals surface area contributed by atoms with Crippen LogP contribution in [0.1, 0.15) is 45.8 Å². The van der Waals surface area contributed by atoms with E-state index in [1.165, 1.54) is 12.1 Å². The molecule has 0 spiro atoms. The molecule has 4 rings (SSSR count). The number of methoxy groups -OCH3 is 1. The van der Waals surface area contributed by atoms with Gasteiger partial charge in [0.25, 0.3) is 5.91 Å². The maximum atomic E-state index is 14.4.